The number of aryl methyl sites for hydroxylation is 2. The highest BCUT2D eigenvalue weighted by Gasteiger charge is 2.55. The second-order valence-electron chi connectivity index (χ2n) is 11.5. The van der Waals surface area contributed by atoms with Crippen LogP contribution in [0.3, 0.4) is 0 Å². The number of amides is 1. The van der Waals surface area contributed by atoms with Crippen molar-refractivity contribution in [1.29, 1.82) is 0 Å². The molecule has 1 fully saturated rings. The van der Waals surface area contributed by atoms with Crippen molar-refractivity contribution >= 4 is 17.5 Å². The van der Waals surface area contributed by atoms with Gasteiger partial charge in [-0.3, -0.25) is 9.69 Å². The number of aliphatic hydroxyl groups excluding tert-OH is 1. The molecule has 224 valence electrons. The van der Waals surface area contributed by atoms with E-state index in [9.17, 15) is 15.0 Å². The van der Waals surface area contributed by atoms with E-state index in [1.807, 2.05) is 6.92 Å². The van der Waals surface area contributed by atoms with E-state index in [0.717, 1.165) is 5.56 Å². The number of aromatic nitrogens is 4. The Kier molecular flexibility index (Phi) is 7.58. The summed E-state index contributed by atoms with van der Waals surface area (Å²) in [4.78, 5) is 29.0. The van der Waals surface area contributed by atoms with Gasteiger partial charge in [-0.05, 0) is 67.5 Å². The minimum atomic E-state index is -1.69. The second-order valence-corrected chi connectivity index (χ2v) is 12.0. The SMILES string of the molecule is CCC(O)(c1cc(F)c2c(c1)C(=O)N(Cc1ncc(C)cn1)[C@@]2(OCC1CC(O)C1)c1ccc(Cl)cc1)c1cn(C)cn1. The van der Waals surface area contributed by atoms with E-state index in [-0.39, 0.29) is 42.2 Å². The normalized spacial score (nSPS) is 22.8. The van der Waals surface area contributed by atoms with Gasteiger partial charge in [-0.15, -0.1) is 0 Å². The number of imidazole rings is 1. The number of fused-ring (bicyclic) bond motifs is 1. The first-order chi connectivity index (χ1) is 20.5. The molecule has 1 unspecified atom stereocenters. The van der Waals surface area contributed by atoms with Crippen LogP contribution in [0.5, 0.6) is 0 Å². The fourth-order valence-corrected chi connectivity index (χ4v) is 6.18. The Balaban J connectivity index is 1.55. The third kappa shape index (κ3) is 5.02. The number of hydrogen-bond donors (Lipinski definition) is 2. The Bertz CT molecular complexity index is 1660. The second kappa shape index (κ2) is 11.1. The monoisotopic (exact) mass is 605 g/mol. The third-order valence-corrected chi connectivity index (χ3v) is 8.76. The summed E-state index contributed by atoms with van der Waals surface area (Å²) in [5.74, 6) is -0.818. The number of ether oxygens (including phenoxy) is 1. The highest BCUT2D eigenvalue weighted by molar-refractivity contribution is 6.30. The average molecular weight is 606 g/mol. The van der Waals surface area contributed by atoms with Crippen molar-refractivity contribution < 1.29 is 24.1 Å². The number of benzene rings is 2. The van der Waals surface area contributed by atoms with Crippen LogP contribution < -0.4 is 0 Å². The molecule has 4 aromatic rings. The van der Waals surface area contributed by atoms with Gasteiger partial charge in [0.05, 0.1) is 42.4 Å². The maximum absolute atomic E-state index is 16.7. The summed E-state index contributed by atoms with van der Waals surface area (Å²) in [5.41, 5.74) is -1.33. The smallest absolute Gasteiger partial charge is 0.257 e. The van der Waals surface area contributed by atoms with Crippen LogP contribution in [0.4, 0.5) is 4.39 Å². The van der Waals surface area contributed by atoms with E-state index in [1.165, 1.54) is 17.0 Å². The zero-order chi connectivity index (χ0) is 30.5. The largest absolute Gasteiger partial charge is 0.393 e. The number of carbonyl (C=O) groups excluding carboxylic acids is 1. The van der Waals surface area contributed by atoms with Gasteiger partial charge in [-0.1, -0.05) is 30.7 Å². The lowest BCUT2D eigenvalue weighted by Gasteiger charge is -2.42. The van der Waals surface area contributed by atoms with E-state index in [2.05, 4.69) is 15.0 Å². The van der Waals surface area contributed by atoms with Gasteiger partial charge < -0.3 is 19.5 Å². The van der Waals surface area contributed by atoms with Crippen molar-refractivity contribution in [2.24, 2.45) is 13.0 Å². The van der Waals surface area contributed by atoms with Crippen LogP contribution >= 0.6 is 11.6 Å². The van der Waals surface area contributed by atoms with Crippen LogP contribution in [0.15, 0.2) is 61.3 Å². The molecule has 43 heavy (non-hydrogen) atoms. The number of halogens is 2. The Hall–Kier alpha value is -3.70. The van der Waals surface area contributed by atoms with Gasteiger partial charge >= 0.3 is 0 Å². The first-order valence-electron chi connectivity index (χ1n) is 14.3. The summed E-state index contributed by atoms with van der Waals surface area (Å²) in [7, 11) is 1.78. The maximum Gasteiger partial charge on any atom is 0.257 e. The highest BCUT2D eigenvalue weighted by atomic mass is 35.5. The van der Waals surface area contributed by atoms with Gasteiger partial charge in [0.1, 0.15) is 17.2 Å². The summed E-state index contributed by atoms with van der Waals surface area (Å²) < 4.78 is 25.1. The topological polar surface area (TPSA) is 114 Å². The van der Waals surface area contributed by atoms with Crippen LogP contribution in [-0.2, 0) is 29.7 Å². The molecule has 2 atom stereocenters. The van der Waals surface area contributed by atoms with Crippen molar-refractivity contribution in [3.63, 3.8) is 0 Å². The molecule has 2 aromatic carbocycles. The Morgan fingerprint density at radius 1 is 1.16 bits per heavy atom. The molecular formula is C32H33ClFN5O4. The molecular weight excluding hydrogens is 573 g/mol. The van der Waals surface area contributed by atoms with E-state index < -0.39 is 29.2 Å². The fraction of sp³-hybridized carbons (Fsp3) is 0.375. The lowest BCUT2D eigenvalue weighted by molar-refractivity contribution is -0.139. The summed E-state index contributed by atoms with van der Waals surface area (Å²) in [6.07, 6.45) is 7.43. The molecule has 2 aromatic heterocycles. The summed E-state index contributed by atoms with van der Waals surface area (Å²) in [5, 5.41) is 22.2. The standard InChI is InChI=1S/C32H33ClFN5O4/c1-4-31(42,27-15-38(3)18-37-27)22-11-25-29(26(34)12-22)32(21-5-7-23(33)8-6-21,43-17-20-9-24(40)10-20)39(30(25)41)16-28-35-13-19(2)14-36-28/h5-8,11-15,18,20,24,40,42H,4,9-10,16-17H2,1-3H3/t20?,24?,31?,32-/m1/s1. The molecule has 11 heteroatoms. The summed E-state index contributed by atoms with van der Waals surface area (Å²) in [6.45, 7) is 3.74. The van der Waals surface area contributed by atoms with Gasteiger partial charge in [0.15, 0.2) is 5.72 Å². The Labute approximate surface area is 254 Å². The predicted octanol–water partition coefficient (Wildman–Crippen LogP) is 4.60. The Morgan fingerprint density at radius 2 is 1.86 bits per heavy atom. The summed E-state index contributed by atoms with van der Waals surface area (Å²) in [6, 6.07) is 9.57. The molecule has 6 rings (SSSR count). The highest BCUT2D eigenvalue weighted by Crippen LogP contribution is 2.49. The summed E-state index contributed by atoms with van der Waals surface area (Å²) >= 11 is 6.25. The van der Waals surface area contributed by atoms with Gasteiger partial charge in [-0.25, -0.2) is 19.3 Å². The minimum Gasteiger partial charge on any atom is -0.393 e. The van der Waals surface area contributed by atoms with E-state index in [4.69, 9.17) is 16.3 Å². The van der Waals surface area contributed by atoms with Crippen molar-refractivity contribution in [2.75, 3.05) is 6.61 Å². The number of aliphatic hydroxyl groups is 2. The van der Waals surface area contributed by atoms with Crippen molar-refractivity contribution in [1.82, 2.24) is 24.4 Å². The molecule has 0 saturated heterocycles. The van der Waals surface area contributed by atoms with Crippen molar-refractivity contribution in [3.05, 3.63) is 111 Å². The molecule has 1 aliphatic carbocycles. The van der Waals surface area contributed by atoms with Gasteiger partial charge in [0, 0.05) is 36.2 Å². The van der Waals surface area contributed by atoms with Gasteiger partial charge in [0.25, 0.3) is 5.91 Å². The molecule has 3 heterocycles. The van der Waals surface area contributed by atoms with Crippen molar-refractivity contribution in [3.8, 4) is 0 Å². The van der Waals surface area contributed by atoms with Crippen LogP contribution in [0.2, 0.25) is 5.02 Å². The first kappa shape index (κ1) is 29.4. The number of carbonyl (C=O) groups is 1. The molecule has 1 saturated carbocycles. The third-order valence-electron chi connectivity index (χ3n) is 8.51. The Morgan fingerprint density at radius 3 is 2.47 bits per heavy atom. The molecule has 9 nitrogen and oxygen atoms in total. The number of nitrogens with zero attached hydrogens (tertiary/aromatic N) is 5. The molecule has 0 radical (unpaired) electrons. The van der Waals surface area contributed by atoms with Crippen LogP contribution in [0.1, 0.15) is 70.3 Å². The zero-order valence-electron chi connectivity index (χ0n) is 24.2. The molecule has 0 spiro atoms. The average Bonchev–Trinajstić information content (AvgIpc) is 3.52. The molecule has 0 bridgehead atoms. The predicted molar refractivity (Wildman–Crippen MR) is 156 cm³/mol. The maximum atomic E-state index is 16.7. The lowest BCUT2D eigenvalue weighted by Crippen LogP contribution is -2.48. The van der Waals surface area contributed by atoms with E-state index >= 15 is 4.39 Å². The lowest BCUT2D eigenvalue weighted by atomic mass is 9.82. The molecule has 1 aliphatic heterocycles. The molecule has 1 amide bonds. The minimum absolute atomic E-state index is 0.0347. The molecule has 2 aliphatic rings. The van der Waals surface area contributed by atoms with Crippen molar-refractivity contribution in [2.45, 2.75) is 57.1 Å². The quantitative estimate of drug-likeness (QED) is 0.287. The number of rotatable bonds is 9. The fourth-order valence-electron chi connectivity index (χ4n) is 6.05. The van der Waals surface area contributed by atoms with Gasteiger partial charge in [0.2, 0.25) is 0 Å². The van der Waals surface area contributed by atoms with Crippen LogP contribution in [0.25, 0.3) is 0 Å². The van der Waals surface area contributed by atoms with Crippen LogP contribution in [0, 0.1) is 18.7 Å². The zero-order valence-corrected chi connectivity index (χ0v) is 24.9. The van der Waals surface area contributed by atoms with E-state index in [0.29, 0.717) is 34.9 Å². The van der Waals surface area contributed by atoms with Crippen LogP contribution in [-0.4, -0.2) is 53.3 Å². The number of hydrogen-bond acceptors (Lipinski definition) is 7. The molecule has 2 N–H and O–H groups in total. The first-order valence-corrected chi connectivity index (χ1v) is 14.7. The van der Waals surface area contributed by atoms with Gasteiger partial charge in [-0.2, -0.15) is 0 Å². The van der Waals surface area contributed by atoms with E-state index in [1.54, 1.807) is 67.7 Å².